The number of Topliss-reactive ketones (excluding diaryl/α,β-unsaturated/α-hetero) is 1. The van der Waals surface area contributed by atoms with E-state index in [1.165, 1.54) is 11.2 Å². The number of aromatic nitrogens is 3. The van der Waals surface area contributed by atoms with Crippen LogP contribution in [-0.2, 0) is 4.79 Å². The lowest BCUT2D eigenvalue weighted by molar-refractivity contribution is -0.116. The average molecular weight is 427 g/mol. The summed E-state index contributed by atoms with van der Waals surface area (Å²) < 4.78 is 2.79. The number of carbonyl (C=O) groups is 1. The quantitative estimate of drug-likeness (QED) is 0.654. The molecule has 130 valence electrons. The Morgan fingerprint density at radius 3 is 2.96 bits per heavy atom. The monoisotopic (exact) mass is 426 g/mol. The Labute approximate surface area is 162 Å². The summed E-state index contributed by atoms with van der Waals surface area (Å²) in [5.74, 6) is 1.10. The number of halogens is 1. The first kappa shape index (κ1) is 16.0. The van der Waals surface area contributed by atoms with Crippen LogP contribution in [0.4, 0.5) is 5.95 Å². The van der Waals surface area contributed by atoms with Gasteiger partial charge >= 0.3 is 0 Å². The number of hydrogen-bond donors (Lipinski definition) is 1. The van der Waals surface area contributed by atoms with E-state index in [9.17, 15) is 4.79 Å². The minimum atomic E-state index is -0.238. The Balaban J connectivity index is 1.63. The SMILES string of the molecule is O=C1C[C@H](c2cccs2)CC2=C1[C@H](c1cccc(Br)c1)n1ncnc1N2. The van der Waals surface area contributed by atoms with E-state index in [-0.39, 0.29) is 17.7 Å². The van der Waals surface area contributed by atoms with Crippen LogP contribution >= 0.6 is 27.3 Å². The molecule has 0 bridgehead atoms. The second kappa shape index (κ2) is 6.17. The van der Waals surface area contributed by atoms with Gasteiger partial charge in [0, 0.05) is 33.0 Å². The molecule has 7 heteroatoms. The van der Waals surface area contributed by atoms with Crippen LogP contribution in [0.1, 0.15) is 35.2 Å². The summed E-state index contributed by atoms with van der Waals surface area (Å²) in [4.78, 5) is 18.8. The summed E-state index contributed by atoms with van der Waals surface area (Å²) in [5, 5.41) is 9.81. The smallest absolute Gasteiger partial charge is 0.226 e. The van der Waals surface area contributed by atoms with E-state index in [2.05, 4.69) is 42.8 Å². The van der Waals surface area contributed by atoms with Crippen LogP contribution in [0.15, 0.2) is 63.8 Å². The number of anilines is 1. The number of allylic oxidation sites excluding steroid dienone is 2. The third-order valence-corrected chi connectivity index (χ3v) is 6.50. The zero-order valence-corrected chi connectivity index (χ0v) is 16.1. The summed E-state index contributed by atoms with van der Waals surface area (Å²) in [5.41, 5.74) is 2.82. The van der Waals surface area contributed by atoms with E-state index in [1.807, 2.05) is 35.0 Å². The fourth-order valence-corrected chi connectivity index (χ4v) is 5.11. The molecule has 0 spiro atoms. The molecule has 1 aliphatic carbocycles. The second-order valence-corrected chi connectivity index (χ2v) is 8.44. The molecule has 1 aromatic carbocycles. The van der Waals surface area contributed by atoms with Gasteiger partial charge in [0.25, 0.3) is 0 Å². The van der Waals surface area contributed by atoms with E-state index in [0.717, 1.165) is 27.7 Å². The summed E-state index contributed by atoms with van der Waals surface area (Å²) in [6.07, 6.45) is 2.89. The highest BCUT2D eigenvalue weighted by molar-refractivity contribution is 9.10. The maximum absolute atomic E-state index is 13.2. The maximum Gasteiger partial charge on any atom is 0.226 e. The standard InChI is InChI=1S/C19H15BrN4OS/c20-13-4-1-3-11(7-13)18-17-14(23-19-21-10-22-24(18)19)8-12(9-15(17)25)16-5-2-6-26-16/h1-7,10,12,18H,8-9H2,(H,21,22,23)/t12-,18+/m1/s1. The zero-order valence-electron chi connectivity index (χ0n) is 13.7. The van der Waals surface area contributed by atoms with E-state index < -0.39 is 0 Å². The number of benzene rings is 1. The molecule has 26 heavy (non-hydrogen) atoms. The first-order valence-corrected chi connectivity index (χ1v) is 10.1. The molecule has 0 saturated carbocycles. The first-order valence-electron chi connectivity index (χ1n) is 8.42. The van der Waals surface area contributed by atoms with Crippen molar-refractivity contribution in [2.24, 2.45) is 0 Å². The Morgan fingerprint density at radius 1 is 1.23 bits per heavy atom. The lowest BCUT2D eigenvalue weighted by Crippen LogP contribution is -2.33. The van der Waals surface area contributed by atoms with Crippen molar-refractivity contribution in [2.75, 3.05) is 5.32 Å². The third-order valence-electron chi connectivity index (χ3n) is 4.97. The zero-order chi connectivity index (χ0) is 17.7. The van der Waals surface area contributed by atoms with Crippen molar-refractivity contribution in [3.63, 3.8) is 0 Å². The minimum Gasteiger partial charge on any atom is -0.328 e. The number of ketones is 1. The summed E-state index contributed by atoms with van der Waals surface area (Å²) in [7, 11) is 0. The number of nitrogens with one attached hydrogen (secondary N) is 1. The topological polar surface area (TPSA) is 59.8 Å². The van der Waals surface area contributed by atoms with Crippen LogP contribution in [0.5, 0.6) is 0 Å². The molecule has 2 atom stereocenters. The first-order chi connectivity index (χ1) is 12.7. The third kappa shape index (κ3) is 2.54. The molecule has 0 saturated heterocycles. The van der Waals surface area contributed by atoms with Gasteiger partial charge in [0.2, 0.25) is 5.95 Å². The van der Waals surface area contributed by atoms with E-state index >= 15 is 0 Å². The van der Waals surface area contributed by atoms with Gasteiger partial charge in [0.15, 0.2) is 5.78 Å². The molecular weight excluding hydrogens is 412 g/mol. The fraction of sp³-hybridized carbons (Fsp3) is 0.211. The Kier molecular flexibility index (Phi) is 3.79. The van der Waals surface area contributed by atoms with Crippen molar-refractivity contribution >= 4 is 39.0 Å². The minimum absolute atomic E-state index is 0.184. The average Bonchev–Trinajstić information content (AvgIpc) is 3.31. The Morgan fingerprint density at radius 2 is 2.15 bits per heavy atom. The van der Waals surface area contributed by atoms with Gasteiger partial charge in [-0.15, -0.1) is 11.3 Å². The van der Waals surface area contributed by atoms with Crippen molar-refractivity contribution < 1.29 is 4.79 Å². The molecule has 2 aromatic heterocycles. The molecule has 1 aliphatic heterocycles. The molecule has 0 radical (unpaired) electrons. The molecular formula is C19H15BrN4OS. The Bertz CT molecular complexity index is 1020. The van der Waals surface area contributed by atoms with Gasteiger partial charge in [0.05, 0.1) is 0 Å². The molecule has 0 amide bonds. The van der Waals surface area contributed by atoms with Crippen LogP contribution in [-0.4, -0.2) is 20.5 Å². The number of nitrogens with zero attached hydrogens (tertiary/aromatic N) is 3. The predicted octanol–water partition coefficient (Wildman–Crippen LogP) is 4.52. The van der Waals surface area contributed by atoms with E-state index in [1.54, 1.807) is 11.3 Å². The van der Waals surface area contributed by atoms with Gasteiger partial charge < -0.3 is 5.32 Å². The van der Waals surface area contributed by atoms with E-state index in [0.29, 0.717) is 12.4 Å². The maximum atomic E-state index is 13.2. The van der Waals surface area contributed by atoms with Crippen molar-refractivity contribution in [3.05, 3.63) is 74.3 Å². The predicted molar refractivity (Wildman–Crippen MR) is 104 cm³/mol. The number of hydrogen-bond acceptors (Lipinski definition) is 5. The number of carbonyl (C=O) groups excluding carboxylic acids is 1. The van der Waals surface area contributed by atoms with Crippen molar-refractivity contribution in [2.45, 2.75) is 24.8 Å². The highest BCUT2D eigenvalue weighted by atomic mass is 79.9. The molecule has 5 nitrogen and oxygen atoms in total. The molecule has 3 aromatic rings. The summed E-state index contributed by atoms with van der Waals surface area (Å²) in [6, 6.07) is 12.0. The largest absolute Gasteiger partial charge is 0.328 e. The number of rotatable bonds is 2. The van der Waals surface area contributed by atoms with Crippen LogP contribution < -0.4 is 5.32 Å². The molecule has 3 heterocycles. The van der Waals surface area contributed by atoms with Gasteiger partial charge in [0.1, 0.15) is 12.4 Å². The Hall–Kier alpha value is -2.25. The normalized spacial score (nSPS) is 22.0. The summed E-state index contributed by atoms with van der Waals surface area (Å²) in [6.45, 7) is 0. The van der Waals surface area contributed by atoms with Crippen LogP contribution in [0.3, 0.4) is 0 Å². The molecule has 0 unspecified atom stereocenters. The lowest BCUT2D eigenvalue weighted by Gasteiger charge is -2.34. The van der Waals surface area contributed by atoms with Gasteiger partial charge in [-0.25, -0.2) is 4.68 Å². The number of thiophene rings is 1. The molecule has 5 rings (SSSR count). The van der Waals surface area contributed by atoms with Crippen LogP contribution in [0.2, 0.25) is 0 Å². The fourth-order valence-electron chi connectivity index (χ4n) is 3.86. The van der Waals surface area contributed by atoms with Crippen LogP contribution in [0.25, 0.3) is 0 Å². The van der Waals surface area contributed by atoms with E-state index in [4.69, 9.17) is 0 Å². The van der Waals surface area contributed by atoms with Crippen molar-refractivity contribution in [1.29, 1.82) is 0 Å². The van der Waals surface area contributed by atoms with Gasteiger partial charge in [-0.1, -0.05) is 34.1 Å². The molecule has 1 N–H and O–H groups in total. The summed E-state index contributed by atoms with van der Waals surface area (Å²) >= 11 is 5.25. The highest BCUT2D eigenvalue weighted by Gasteiger charge is 2.39. The molecule has 2 aliphatic rings. The highest BCUT2D eigenvalue weighted by Crippen LogP contribution is 2.44. The van der Waals surface area contributed by atoms with Gasteiger partial charge in [-0.3, -0.25) is 4.79 Å². The lowest BCUT2D eigenvalue weighted by atomic mass is 9.80. The van der Waals surface area contributed by atoms with Crippen molar-refractivity contribution in [1.82, 2.24) is 14.8 Å². The van der Waals surface area contributed by atoms with Gasteiger partial charge in [-0.05, 0) is 35.6 Å². The molecule has 0 fully saturated rings. The number of fused-ring (bicyclic) bond motifs is 1. The van der Waals surface area contributed by atoms with Crippen molar-refractivity contribution in [3.8, 4) is 0 Å². The second-order valence-electron chi connectivity index (χ2n) is 6.55. The van der Waals surface area contributed by atoms with Gasteiger partial charge in [-0.2, -0.15) is 10.1 Å². The van der Waals surface area contributed by atoms with Crippen LogP contribution in [0, 0.1) is 0 Å².